The molecule has 0 fully saturated rings. The molecule has 21 heavy (non-hydrogen) atoms. The summed E-state index contributed by atoms with van der Waals surface area (Å²) in [6, 6.07) is 16.3. The molecule has 0 aliphatic carbocycles. The van der Waals surface area contributed by atoms with E-state index in [1.807, 2.05) is 38.4 Å². The summed E-state index contributed by atoms with van der Waals surface area (Å²) >= 11 is 0. The smallest absolute Gasteiger partial charge is 0.240 e. The van der Waals surface area contributed by atoms with Crippen LogP contribution in [0.1, 0.15) is 11.1 Å². The van der Waals surface area contributed by atoms with Crippen molar-refractivity contribution in [3.05, 3.63) is 65.7 Å². The molecule has 0 radical (unpaired) electrons. The first-order chi connectivity index (χ1) is 9.99. The normalized spacial score (nSPS) is 11.8. The van der Waals surface area contributed by atoms with Crippen LogP contribution in [0.25, 0.3) is 0 Å². The number of hydrogen-bond acceptors (Lipinski definition) is 3. The summed E-state index contributed by atoms with van der Waals surface area (Å²) in [5, 5.41) is 0. The van der Waals surface area contributed by atoms with Crippen molar-refractivity contribution in [2.45, 2.75) is 18.0 Å². The zero-order chi connectivity index (χ0) is 15.3. The van der Waals surface area contributed by atoms with Crippen LogP contribution in [0, 0.1) is 0 Å². The van der Waals surface area contributed by atoms with Crippen LogP contribution in [-0.4, -0.2) is 27.4 Å². The lowest BCUT2D eigenvalue weighted by Gasteiger charge is -2.14. The molecule has 0 atom stereocenters. The average molecular weight is 304 g/mol. The fourth-order valence-electron chi connectivity index (χ4n) is 2.08. The molecule has 2 rings (SSSR count). The zero-order valence-corrected chi connectivity index (χ0v) is 13.1. The highest BCUT2D eigenvalue weighted by Gasteiger charge is 2.13. The van der Waals surface area contributed by atoms with E-state index < -0.39 is 10.0 Å². The molecule has 1 N–H and O–H groups in total. The molecule has 0 unspecified atom stereocenters. The van der Waals surface area contributed by atoms with Gasteiger partial charge >= 0.3 is 0 Å². The molecule has 0 heterocycles. The fourth-order valence-corrected chi connectivity index (χ4v) is 3.11. The van der Waals surface area contributed by atoms with Crippen molar-refractivity contribution in [3.63, 3.8) is 0 Å². The Balaban J connectivity index is 2.13. The number of rotatable bonds is 6. The molecular weight excluding hydrogens is 284 g/mol. The van der Waals surface area contributed by atoms with E-state index in [0.29, 0.717) is 6.54 Å². The van der Waals surface area contributed by atoms with Crippen LogP contribution in [0.2, 0.25) is 0 Å². The summed E-state index contributed by atoms with van der Waals surface area (Å²) in [5.74, 6) is 0. The quantitative estimate of drug-likeness (QED) is 0.890. The number of sulfonamides is 1. The van der Waals surface area contributed by atoms with Crippen LogP contribution in [0.4, 0.5) is 0 Å². The van der Waals surface area contributed by atoms with E-state index in [1.165, 1.54) is 0 Å². The van der Waals surface area contributed by atoms with Crippen LogP contribution in [-0.2, 0) is 23.1 Å². The predicted molar refractivity (Wildman–Crippen MR) is 84.3 cm³/mol. The van der Waals surface area contributed by atoms with Gasteiger partial charge in [0.05, 0.1) is 4.90 Å². The maximum atomic E-state index is 12.2. The summed E-state index contributed by atoms with van der Waals surface area (Å²) in [5.41, 5.74) is 2.11. The van der Waals surface area contributed by atoms with E-state index in [0.717, 1.165) is 17.7 Å². The van der Waals surface area contributed by atoms with Gasteiger partial charge in [0.1, 0.15) is 0 Å². The molecule has 112 valence electrons. The van der Waals surface area contributed by atoms with Gasteiger partial charge in [-0.05, 0) is 37.4 Å². The third-order valence-corrected chi connectivity index (χ3v) is 4.53. The third kappa shape index (κ3) is 4.39. The maximum Gasteiger partial charge on any atom is 0.240 e. The van der Waals surface area contributed by atoms with Crippen molar-refractivity contribution in [1.29, 1.82) is 0 Å². The van der Waals surface area contributed by atoms with Gasteiger partial charge < -0.3 is 4.90 Å². The zero-order valence-electron chi connectivity index (χ0n) is 12.3. The Morgan fingerprint density at radius 1 is 0.905 bits per heavy atom. The largest absolute Gasteiger partial charge is 0.305 e. The molecular formula is C16H20N2O2S. The van der Waals surface area contributed by atoms with Crippen LogP contribution in [0.3, 0.4) is 0 Å². The predicted octanol–water partition coefficient (Wildman–Crippen LogP) is 2.23. The first-order valence-electron chi connectivity index (χ1n) is 6.75. The van der Waals surface area contributed by atoms with Gasteiger partial charge in [-0.25, -0.2) is 13.1 Å². The van der Waals surface area contributed by atoms with Crippen molar-refractivity contribution < 1.29 is 8.42 Å². The van der Waals surface area contributed by atoms with E-state index in [2.05, 4.69) is 9.62 Å². The third-order valence-electron chi connectivity index (χ3n) is 3.11. The Morgan fingerprint density at radius 2 is 1.48 bits per heavy atom. The van der Waals surface area contributed by atoms with E-state index in [9.17, 15) is 8.42 Å². The molecule has 0 amide bonds. The Labute approximate surface area is 126 Å². The van der Waals surface area contributed by atoms with E-state index in [-0.39, 0.29) is 4.90 Å². The monoisotopic (exact) mass is 304 g/mol. The molecule has 0 saturated heterocycles. The molecule has 5 heteroatoms. The minimum absolute atomic E-state index is 0.287. The van der Waals surface area contributed by atoms with E-state index in [4.69, 9.17) is 0 Å². The van der Waals surface area contributed by atoms with Gasteiger partial charge in [-0.3, -0.25) is 0 Å². The number of hydrogen-bond donors (Lipinski definition) is 1. The second kappa shape index (κ2) is 6.85. The Kier molecular flexibility index (Phi) is 5.12. The molecule has 2 aromatic rings. The SMILES string of the molecule is CN(C)Cc1ccccc1CNS(=O)(=O)c1ccccc1. The van der Waals surface area contributed by atoms with Gasteiger partial charge in [-0.15, -0.1) is 0 Å². The summed E-state index contributed by atoms with van der Waals surface area (Å²) in [4.78, 5) is 2.35. The lowest BCUT2D eigenvalue weighted by Crippen LogP contribution is -2.24. The van der Waals surface area contributed by atoms with Crippen molar-refractivity contribution in [1.82, 2.24) is 9.62 Å². The topological polar surface area (TPSA) is 49.4 Å². The van der Waals surface area contributed by atoms with Crippen LogP contribution in [0.5, 0.6) is 0 Å². The van der Waals surface area contributed by atoms with Crippen LogP contribution in [0.15, 0.2) is 59.5 Å². The van der Waals surface area contributed by atoms with Crippen LogP contribution >= 0.6 is 0 Å². The van der Waals surface area contributed by atoms with Gasteiger partial charge in [0.15, 0.2) is 0 Å². The van der Waals surface area contributed by atoms with E-state index in [1.54, 1.807) is 30.3 Å². The summed E-state index contributed by atoms with van der Waals surface area (Å²) < 4.78 is 27.1. The average Bonchev–Trinajstić information content (AvgIpc) is 2.47. The number of nitrogens with zero attached hydrogens (tertiary/aromatic N) is 1. The molecule has 2 aromatic carbocycles. The fraction of sp³-hybridized carbons (Fsp3) is 0.250. The second-order valence-corrected chi connectivity index (χ2v) is 6.91. The van der Waals surface area contributed by atoms with Crippen molar-refractivity contribution >= 4 is 10.0 Å². The molecule has 0 saturated carbocycles. The van der Waals surface area contributed by atoms with E-state index >= 15 is 0 Å². The van der Waals surface area contributed by atoms with Crippen molar-refractivity contribution in [3.8, 4) is 0 Å². The molecule has 0 spiro atoms. The van der Waals surface area contributed by atoms with Crippen LogP contribution < -0.4 is 4.72 Å². The lowest BCUT2D eigenvalue weighted by atomic mass is 10.1. The first-order valence-corrected chi connectivity index (χ1v) is 8.23. The number of nitrogens with one attached hydrogen (secondary N) is 1. The molecule has 0 aromatic heterocycles. The molecule has 0 bridgehead atoms. The molecule has 0 aliphatic heterocycles. The molecule has 0 aliphatic rings. The highest BCUT2D eigenvalue weighted by Crippen LogP contribution is 2.13. The minimum atomic E-state index is -3.47. The Morgan fingerprint density at radius 3 is 2.10 bits per heavy atom. The van der Waals surface area contributed by atoms with Gasteiger partial charge in [0, 0.05) is 13.1 Å². The molecule has 4 nitrogen and oxygen atoms in total. The number of benzene rings is 2. The van der Waals surface area contributed by atoms with Gasteiger partial charge in [-0.2, -0.15) is 0 Å². The highest BCUT2D eigenvalue weighted by atomic mass is 32.2. The summed E-state index contributed by atoms with van der Waals surface area (Å²) in [7, 11) is 0.515. The lowest BCUT2D eigenvalue weighted by molar-refractivity contribution is 0.400. The highest BCUT2D eigenvalue weighted by molar-refractivity contribution is 7.89. The minimum Gasteiger partial charge on any atom is -0.305 e. The van der Waals surface area contributed by atoms with Gasteiger partial charge in [0.25, 0.3) is 0 Å². The first kappa shape index (κ1) is 15.7. The van der Waals surface area contributed by atoms with Gasteiger partial charge in [-0.1, -0.05) is 42.5 Å². The Hall–Kier alpha value is -1.69. The standard InChI is InChI=1S/C16H20N2O2S/c1-18(2)13-15-9-7-6-8-14(15)12-17-21(19,20)16-10-4-3-5-11-16/h3-11,17H,12-13H2,1-2H3. The Bertz CT molecular complexity index is 682. The maximum absolute atomic E-state index is 12.2. The summed E-state index contributed by atoms with van der Waals surface area (Å²) in [6.45, 7) is 1.07. The summed E-state index contributed by atoms with van der Waals surface area (Å²) in [6.07, 6.45) is 0. The van der Waals surface area contributed by atoms with Gasteiger partial charge in [0.2, 0.25) is 10.0 Å². The van der Waals surface area contributed by atoms with Crippen molar-refractivity contribution in [2.75, 3.05) is 14.1 Å². The second-order valence-electron chi connectivity index (χ2n) is 5.14. The van der Waals surface area contributed by atoms with Crippen molar-refractivity contribution in [2.24, 2.45) is 0 Å².